The van der Waals surface area contributed by atoms with Crippen LogP contribution in [0.1, 0.15) is 11.1 Å². The van der Waals surface area contributed by atoms with Gasteiger partial charge in [0.1, 0.15) is 5.82 Å². The highest BCUT2D eigenvalue weighted by Crippen LogP contribution is 2.46. The zero-order valence-corrected chi connectivity index (χ0v) is 18.4. The Bertz CT molecular complexity index is 1470. The zero-order chi connectivity index (χ0) is 26.3. The number of aromatic nitrogens is 2. The number of amides is 2. The van der Waals surface area contributed by atoms with E-state index in [0.29, 0.717) is 6.07 Å². The molecule has 0 spiro atoms. The van der Waals surface area contributed by atoms with E-state index >= 15 is 0 Å². The third kappa shape index (κ3) is 5.03. The predicted octanol–water partition coefficient (Wildman–Crippen LogP) is 7.77. The summed E-state index contributed by atoms with van der Waals surface area (Å²) in [6, 6.07) is 7.07. The molecule has 186 valence electrons. The molecule has 0 saturated heterocycles. The van der Waals surface area contributed by atoms with Gasteiger partial charge in [0.25, 0.3) is 0 Å². The number of fused-ring (bicyclic) bond motifs is 1. The quantitative estimate of drug-likeness (QED) is 0.267. The van der Waals surface area contributed by atoms with Crippen LogP contribution in [0.4, 0.5) is 47.0 Å². The fraction of sp³-hybridized carbons (Fsp3) is 0.0870. The second-order valence-electron chi connectivity index (χ2n) is 7.36. The molecule has 2 aromatic carbocycles. The van der Waals surface area contributed by atoms with Crippen LogP contribution in [0, 0.1) is 5.82 Å². The largest absolute Gasteiger partial charge is 0.417 e. The molecule has 5 nitrogen and oxygen atoms in total. The molecule has 0 fully saturated rings. The molecule has 2 heterocycles. The summed E-state index contributed by atoms with van der Waals surface area (Å²) in [6.07, 6.45) is -8.15. The summed E-state index contributed by atoms with van der Waals surface area (Å²) in [5.74, 6) is -1.47. The van der Waals surface area contributed by atoms with E-state index in [2.05, 4.69) is 20.6 Å². The predicted molar refractivity (Wildman–Crippen MR) is 119 cm³/mol. The lowest BCUT2D eigenvalue weighted by Crippen LogP contribution is -2.22. The topological polar surface area (TPSA) is 66.9 Å². The molecule has 2 aromatic heterocycles. The van der Waals surface area contributed by atoms with Crippen LogP contribution in [0.25, 0.3) is 22.0 Å². The fourth-order valence-corrected chi connectivity index (χ4v) is 3.67. The zero-order valence-electron chi connectivity index (χ0n) is 17.6. The normalized spacial score (nSPS) is 12.0. The number of pyridine rings is 2. The van der Waals surface area contributed by atoms with E-state index in [0.717, 1.165) is 18.2 Å². The fourth-order valence-electron chi connectivity index (χ4n) is 3.50. The SMILES string of the molecule is O=C(Nc1cccc(Cl)c1F)Nc1nc2ccncc2cc1-c1cccc(C(F)(F)F)c1C(F)(F)F. The van der Waals surface area contributed by atoms with Crippen molar-refractivity contribution < 1.29 is 35.5 Å². The summed E-state index contributed by atoms with van der Waals surface area (Å²) in [5.41, 5.74) is -5.36. The second-order valence-corrected chi connectivity index (χ2v) is 7.76. The third-order valence-corrected chi connectivity index (χ3v) is 5.28. The minimum absolute atomic E-state index is 0.179. The van der Waals surface area contributed by atoms with Crippen LogP contribution in [0.3, 0.4) is 0 Å². The average molecular weight is 529 g/mol. The maximum Gasteiger partial charge on any atom is 0.417 e. The van der Waals surface area contributed by atoms with E-state index < -0.39 is 52.3 Å². The van der Waals surface area contributed by atoms with Crippen molar-refractivity contribution >= 4 is 40.0 Å². The monoisotopic (exact) mass is 528 g/mol. The van der Waals surface area contributed by atoms with Gasteiger partial charge in [0, 0.05) is 23.3 Å². The molecule has 0 saturated carbocycles. The van der Waals surface area contributed by atoms with Crippen LogP contribution in [-0.4, -0.2) is 16.0 Å². The molecule has 36 heavy (non-hydrogen) atoms. The molecule has 4 rings (SSSR count). The van der Waals surface area contributed by atoms with Gasteiger partial charge >= 0.3 is 18.4 Å². The van der Waals surface area contributed by atoms with Crippen molar-refractivity contribution in [2.45, 2.75) is 12.4 Å². The lowest BCUT2D eigenvalue weighted by Gasteiger charge is -2.21. The molecular formula is C23H12ClF7N4O. The van der Waals surface area contributed by atoms with Gasteiger partial charge < -0.3 is 5.32 Å². The number of hydrogen-bond acceptors (Lipinski definition) is 3. The highest BCUT2D eigenvalue weighted by Gasteiger charge is 2.45. The first-order chi connectivity index (χ1) is 16.9. The molecule has 2 amide bonds. The van der Waals surface area contributed by atoms with Crippen LogP contribution in [0.15, 0.2) is 60.9 Å². The Morgan fingerprint density at radius 3 is 2.31 bits per heavy atom. The Hall–Kier alpha value is -3.93. The molecule has 0 atom stereocenters. The number of halogens is 8. The smallest absolute Gasteiger partial charge is 0.305 e. The first-order valence-corrected chi connectivity index (χ1v) is 10.3. The Morgan fingerprint density at radius 1 is 0.889 bits per heavy atom. The summed E-state index contributed by atoms with van der Waals surface area (Å²) >= 11 is 5.68. The summed E-state index contributed by atoms with van der Waals surface area (Å²) in [7, 11) is 0. The average Bonchev–Trinajstić information content (AvgIpc) is 2.80. The summed E-state index contributed by atoms with van der Waals surface area (Å²) in [6.45, 7) is 0. The van der Waals surface area contributed by atoms with Crippen LogP contribution in [0.5, 0.6) is 0 Å². The molecule has 0 aliphatic carbocycles. The highest BCUT2D eigenvalue weighted by molar-refractivity contribution is 6.31. The van der Waals surface area contributed by atoms with E-state index in [1.54, 1.807) is 0 Å². The number of benzene rings is 2. The number of alkyl halides is 6. The third-order valence-electron chi connectivity index (χ3n) is 4.99. The molecule has 0 bridgehead atoms. The Labute approximate surface area is 202 Å². The molecular weight excluding hydrogens is 517 g/mol. The maximum absolute atomic E-state index is 14.2. The minimum atomic E-state index is -5.41. The number of hydrogen-bond donors (Lipinski definition) is 2. The number of nitrogens with zero attached hydrogens (tertiary/aromatic N) is 2. The van der Waals surface area contributed by atoms with Gasteiger partial charge in [-0.3, -0.25) is 10.3 Å². The highest BCUT2D eigenvalue weighted by atomic mass is 35.5. The van der Waals surface area contributed by atoms with E-state index in [-0.39, 0.29) is 21.6 Å². The Kier molecular flexibility index (Phi) is 6.48. The van der Waals surface area contributed by atoms with Crippen molar-refractivity contribution in [2.75, 3.05) is 10.6 Å². The van der Waals surface area contributed by atoms with Crippen molar-refractivity contribution in [3.8, 4) is 11.1 Å². The van der Waals surface area contributed by atoms with Gasteiger partial charge in [-0.15, -0.1) is 0 Å². The number of anilines is 2. The van der Waals surface area contributed by atoms with Crippen LogP contribution in [-0.2, 0) is 12.4 Å². The molecule has 0 radical (unpaired) electrons. The van der Waals surface area contributed by atoms with Crippen LogP contribution in [0.2, 0.25) is 5.02 Å². The van der Waals surface area contributed by atoms with Gasteiger partial charge in [0.15, 0.2) is 5.82 Å². The minimum Gasteiger partial charge on any atom is -0.305 e. The standard InChI is InChI=1S/C23H12ClF7N4O/c24-15-5-2-6-17(19(15)25)34-21(36)35-20-13(9-11-10-32-8-7-16(11)33-20)12-3-1-4-14(22(26,27)28)18(12)23(29,30)31/h1-10H,(H2,33,34,35,36). The number of carbonyl (C=O) groups excluding carboxylic acids is 1. The van der Waals surface area contributed by atoms with Crippen LogP contribution >= 0.6 is 11.6 Å². The van der Waals surface area contributed by atoms with Crippen molar-refractivity contribution in [1.82, 2.24) is 9.97 Å². The summed E-state index contributed by atoms with van der Waals surface area (Å²) in [4.78, 5) is 20.5. The van der Waals surface area contributed by atoms with Crippen LogP contribution < -0.4 is 10.6 Å². The van der Waals surface area contributed by atoms with E-state index in [1.807, 2.05) is 0 Å². The molecule has 0 aliphatic heterocycles. The van der Waals surface area contributed by atoms with E-state index in [1.165, 1.54) is 36.7 Å². The van der Waals surface area contributed by atoms with Gasteiger partial charge in [0.2, 0.25) is 0 Å². The van der Waals surface area contributed by atoms with Crippen molar-refractivity contribution in [2.24, 2.45) is 0 Å². The van der Waals surface area contributed by atoms with E-state index in [9.17, 15) is 35.5 Å². The maximum atomic E-state index is 14.2. The van der Waals surface area contributed by atoms with Crippen molar-refractivity contribution in [3.05, 3.63) is 82.9 Å². The molecule has 0 unspecified atom stereocenters. The van der Waals surface area contributed by atoms with Crippen molar-refractivity contribution in [3.63, 3.8) is 0 Å². The lowest BCUT2D eigenvalue weighted by atomic mass is 9.94. The van der Waals surface area contributed by atoms with Gasteiger partial charge in [-0.2, -0.15) is 26.3 Å². The van der Waals surface area contributed by atoms with Gasteiger partial charge in [-0.25, -0.2) is 14.2 Å². The second kappa shape index (κ2) is 9.26. The Balaban J connectivity index is 1.88. The summed E-state index contributed by atoms with van der Waals surface area (Å²) in [5, 5.41) is 4.23. The van der Waals surface area contributed by atoms with Gasteiger partial charge in [-0.05, 0) is 35.9 Å². The molecule has 2 N–H and O–H groups in total. The van der Waals surface area contributed by atoms with Crippen molar-refractivity contribution in [1.29, 1.82) is 0 Å². The Morgan fingerprint density at radius 2 is 1.61 bits per heavy atom. The molecule has 4 aromatic rings. The van der Waals surface area contributed by atoms with E-state index in [4.69, 9.17) is 11.6 Å². The number of rotatable bonds is 3. The first kappa shape index (κ1) is 25.2. The number of urea groups is 1. The number of carbonyl (C=O) groups is 1. The first-order valence-electron chi connectivity index (χ1n) is 9.91. The summed E-state index contributed by atoms with van der Waals surface area (Å²) < 4.78 is 96.4. The van der Waals surface area contributed by atoms with Gasteiger partial charge in [0.05, 0.1) is 27.4 Å². The number of nitrogens with one attached hydrogen (secondary N) is 2. The lowest BCUT2D eigenvalue weighted by molar-refractivity contribution is -0.161. The van der Waals surface area contributed by atoms with Gasteiger partial charge in [-0.1, -0.05) is 29.8 Å². The molecule has 0 aliphatic rings. The molecule has 13 heteroatoms.